The lowest BCUT2D eigenvalue weighted by Crippen LogP contribution is -2.45. The maximum absolute atomic E-state index is 12.6. The smallest absolute Gasteiger partial charge is 0.244 e. The molecule has 0 spiro atoms. The van der Waals surface area contributed by atoms with Gasteiger partial charge in [-0.15, -0.1) is 0 Å². The molecule has 1 aliphatic heterocycles. The molecule has 0 aromatic heterocycles. The molecule has 1 aliphatic carbocycles. The molecular formula is C18H26N2O3. The van der Waals surface area contributed by atoms with Crippen molar-refractivity contribution < 1.29 is 14.3 Å². The second kappa shape index (κ2) is 7.11. The van der Waals surface area contributed by atoms with Crippen molar-refractivity contribution in [2.45, 2.75) is 51.1 Å². The molecule has 1 fully saturated rings. The van der Waals surface area contributed by atoms with Gasteiger partial charge in [0.2, 0.25) is 5.91 Å². The minimum atomic E-state index is -0.260. The molecule has 0 radical (unpaired) electrons. The van der Waals surface area contributed by atoms with Crippen LogP contribution < -0.4 is 14.8 Å². The fraction of sp³-hybridized carbons (Fsp3) is 0.611. The van der Waals surface area contributed by atoms with Crippen LogP contribution in [0.2, 0.25) is 0 Å². The predicted molar refractivity (Wildman–Crippen MR) is 90.2 cm³/mol. The van der Waals surface area contributed by atoms with Crippen LogP contribution >= 0.6 is 0 Å². The van der Waals surface area contributed by atoms with E-state index in [9.17, 15) is 4.79 Å². The van der Waals surface area contributed by atoms with Crippen molar-refractivity contribution in [1.82, 2.24) is 4.90 Å². The molecule has 0 bridgehead atoms. The van der Waals surface area contributed by atoms with Crippen LogP contribution in [-0.2, 0) is 4.79 Å². The van der Waals surface area contributed by atoms with Gasteiger partial charge in [-0.2, -0.15) is 0 Å². The maximum Gasteiger partial charge on any atom is 0.244 e. The molecular weight excluding hydrogens is 292 g/mol. The molecule has 1 N–H and O–H groups in total. The van der Waals surface area contributed by atoms with E-state index in [2.05, 4.69) is 5.32 Å². The number of nitrogens with one attached hydrogen (secondary N) is 1. The summed E-state index contributed by atoms with van der Waals surface area (Å²) in [7, 11) is 1.93. The molecule has 1 heterocycles. The molecule has 2 aliphatic rings. The van der Waals surface area contributed by atoms with Crippen LogP contribution in [0.5, 0.6) is 11.5 Å². The van der Waals surface area contributed by atoms with Crippen LogP contribution in [0.3, 0.4) is 0 Å². The van der Waals surface area contributed by atoms with Crippen molar-refractivity contribution in [3.05, 3.63) is 18.2 Å². The van der Waals surface area contributed by atoms with Crippen LogP contribution in [0.15, 0.2) is 18.2 Å². The van der Waals surface area contributed by atoms with Crippen molar-refractivity contribution in [3.63, 3.8) is 0 Å². The zero-order valence-electron chi connectivity index (χ0n) is 14.0. The van der Waals surface area contributed by atoms with Gasteiger partial charge in [-0.25, -0.2) is 0 Å². The molecule has 1 aromatic rings. The summed E-state index contributed by atoms with van der Waals surface area (Å²) in [5, 5.41) is 3.28. The Morgan fingerprint density at radius 2 is 1.87 bits per heavy atom. The highest BCUT2D eigenvalue weighted by Crippen LogP contribution is 2.33. The molecule has 1 amide bonds. The lowest BCUT2D eigenvalue weighted by Gasteiger charge is -2.33. The number of anilines is 1. The Labute approximate surface area is 137 Å². The van der Waals surface area contributed by atoms with Crippen LogP contribution in [0.4, 0.5) is 5.69 Å². The highest BCUT2D eigenvalue weighted by Gasteiger charge is 2.25. The molecule has 1 atom stereocenters. The summed E-state index contributed by atoms with van der Waals surface area (Å²) in [6.07, 6.45) is 6.00. The normalized spacial score (nSPS) is 19.0. The number of carbonyl (C=O) groups is 1. The van der Waals surface area contributed by atoms with Crippen LogP contribution in [-0.4, -0.2) is 43.2 Å². The van der Waals surface area contributed by atoms with E-state index in [1.54, 1.807) is 0 Å². The van der Waals surface area contributed by atoms with Crippen molar-refractivity contribution in [1.29, 1.82) is 0 Å². The minimum absolute atomic E-state index is 0.145. The molecule has 126 valence electrons. The topological polar surface area (TPSA) is 50.8 Å². The van der Waals surface area contributed by atoms with Gasteiger partial charge < -0.3 is 19.7 Å². The van der Waals surface area contributed by atoms with Gasteiger partial charge in [0.05, 0.1) is 0 Å². The van der Waals surface area contributed by atoms with Gasteiger partial charge in [-0.3, -0.25) is 4.79 Å². The van der Waals surface area contributed by atoms with Gasteiger partial charge in [0.1, 0.15) is 19.3 Å². The number of hydrogen-bond donors (Lipinski definition) is 1. The molecule has 5 heteroatoms. The first-order valence-corrected chi connectivity index (χ1v) is 8.58. The van der Waals surface area contributed by atoms with E-state index >= 15 is 0 Å². The van der Waals surface area contributed by atoms with E-state index in [-0.39, 0.29) is 11.9 Å². The van der Waals surface area contributed by atoms with Gasteiger partial charge in [-0.05, 0) is 31.9 Å². The van der Waals surface area contributed by atoms with E-state index in [1.165, 1.54) is 19.3 Å². The van der Waals surface area contributed by atoms with E-state index in [4.69, 9.17) is 9.47 Å². The minimum Gasteiger partial charge on any atom is -0.486 e. The molecule has 1 saturated carbocycles. The highest BCUT2D eigenvalue weighted by atomic mass is 16.6. The Hall–Kier alpha value is -1.91. The molecule has 23 heavy (non-hydrogen) atoms. The second-order valence-electron chi connectivity index (χ2n) is 6.47. The second-order valence-corrected chi connectivity index (χ2v) is 6.47. The zero-order valence-corrected chi connectivity index (χ0v) is 14.0. The monoisotopic (exact) mass is 318 g/mol. The highest BCUT2D eigenvalue weighted by molar-refractivity contribution is 5.84. The lowest BCUT2D eigenvalue weighted by atomic mass is 9.94. The SMILES string of the molecule is C[C@H](Nc1ccc2c(c1)OCCO2)C(=O)N(C)C1CCCCC1. The molecule has 3 rings (SSSR count). The number of nitrogens with zero attached hydrogens (tertiary/aromatic N) is 1. The number of fused-ring (bicyclic) bond motifs is 1. The number of hydrogen-bond acceptors (Lipinski definition) is 4. The Bertz CT molecular complexity index is 555. The van der Waals surface area contributed by atoms with Crippen molar-refractivity contribution in [2.24, 2.45) is 0 Å². The van der Waals surface area contributed by atoms with Crippen LogP contribution in [0, 0.1) is 0 Å². The third kappa shape index (κ3) is 3.71. The largest absolute Gasteiger partial charge is 0.486 e. The summed E-state index contributed by atoms with van der Waals surface area (Å²) in [6.45, 7) is 3.06. The van der Waals surface area contributed by atoms with Crippen molar-refractivity contribution >= 4 is 11.6 Å². The maximum atomic E-state index is 12.6. The van der Waals surface area contributed by atoms with E-state index in [0.717, 1.165) is 30.0 Å². The fourth-order valence-electron chi connectivity index (χ4n) is 3.40. The summed E-state index contributed by atoms with van der Waals surface area (Å²) < 4.78 is 11.1. The molecule has 1 aromatic carbocycles. The number of ether oxygens (including phenoxy) is 2. The van der Waals surface area contributed by atoms with Gasteiger partial charge in [-0.1, -0.05) is 19.3 Å². The average molecular weight is 318 g/mol. The van der Waals surface area contributed by atoms with E-state index in [0.29, 0.717) is 19.3 Å². The summed E-state index contributed by atoms with van der Waals surface area (Å²) in [6, 6.07) is 5.85. The third-order valence-corrected chi connectivity index (χ3v) is 4.77. The molecule has 0 saturated heterocycles. The Morgan fingerprint density at radius 3 is 2.61 bits per heavy atom. The first kappa shape index (κ1) is 16.0. The Kier molecular flexibility index (Phi) is 4.94. The Morgan fingerprint density at radius 1 is 1.17 bits per heavy atom. The van der Waals surface area contributed by atoms with Gasteiger partial charge >= 0.3 is 0 Å². The fourth-order valence-corrected chi connectivity index (χ4v) is 3.40. The third-order valence-electron chi connectivity index (χ3n) is 4.77. The standard InChI is InChI=1S/C18H26N2O3/c1-13(18(21)20(2)15-6-4-3-5-7-15)19-14-8-9-16-17(12-14)23-11-10-22-16/h8-9,12-13,15,19H,3-7,10-11H2,1-2H3/t13-/m0/s1. The van der Waals surface area contributed by atoms with E-state index < -0.39 is 0 Å². The number of benzene rings is 1. The molecule has 5 nitrogen and oxygen atoms in total. The zero-order chi connectivity index (χ0) is 16.2. The number of likely N-dealkylation sites (N-methyl/N-ethyl adjacent to an activating group) is 1. The van der Waals surface area contributed by atoms with Gasteiger partial charge in [0.15, 0.2) is 11.5 Å². The predicted octanol–water partition coefficient (Wildman–Crippen LogP) is 3.05. The first-order chi connectivity index (χ1) is 11.1. The summed E-state index contributed by atoms with van der Waals surface area (Å²) in [5.74, 6) is 1.65. The van der Waals surface area contributed by atoms with E-state index in [1.807, 2.05) is 37.1 Å². The number of carbonyl (C=O) groups excluding carboxylic acids is 1. The Balaban J connectivity index is 1.61. The van der Waals surface area contributed by atoms with Crippen LogP contribution in [0.25, 0.3) is 0 Å². The van der Waals surface area contributed by atoms with Crippen molar-refractivity contribution in [2.75, 3.05) is 25.6 Å². The first-order valence-electron chi connectivity index (χ1n) is 8.58. The van der Waals surface area contributed by atoms with Crippen LogP contribution in [0.1, 0.15) is 39.0 Å². The lowest BCUT2D eigenvalue weighted by molar-refractivity contribution is -0.133. The molecule has 0 unspecified atom stereocenters. The van der Waals surface area contributed by atoms with Gasteiger partial charge in [0, 0.05) is 24.8 Å². The summed E-state index contributed by atoms with van der Waals surface area (Å²) in [4.78, 5) is 14.6. The quantitative estimate of drug-likeness (QED) is 0.927. The van der Waals surface area contributed by atoms with Gasteiger partial charge in [0.25, 0.3) is 0 Å². The van der Waals surface area contributed by atoms with Crippen molar-refractivity contribution in [3.8, 4) is 11.5 Å². The number of amides is 1. The number of rotatable bonds is 4. The average Bonchev–Trinajstić information content (AvgIpc) is 2.61. The summed E-state index contributed by atoms with van der Waals surface area (Å²) in [5.41, 5.74) is 0.882. The summed E-state index contributed by atoms with van der Waals surface area (Å²) >= 11 is 0.